The van der Waals surface area contributed by atoms with Gasteiger partial charge in [-0.2, -0.15) is 0 Å². The maximum absolute atomic E-state index is 11.8. The number of aryl methyl sites for hydroxylation is 2. The zero-order chi connectivity index (χ0) is 17.9. The lowest BCUT2D eigenvalue weighted by Gasteiger charge is -2.10. The number of aromatic nitrogens is 3. The molecular formula is C15H19N3O5S. The molecule has 130 valence electrons. The molecule has 0 unspecified atom stereocenters. The average molecular weight is 353 g/mol. The van der Waals surface area contributed by atoms with Crippen molar-refractivity contribution in [1.29, 1.82) is 0 Å². The Morgan fingerprint density at radius 3 is 2.62 bits per heavy atom. The first-order chi connectivity index (χ1) is 11.3. The first-order valence-electron chi connectivity index (χ1n) is 7.22. The number of ether oxygens (including phenoxy) is 1. The quantitative estimate of drug-likeness (QED) is 0.704. The fraction of sp³-hybridized carbons (Fsp3) is 0.467. The standard InChI is InChI=1S/C15H19N3O5S/c1-9-12(10(2)23-16-9)7-24-8-14(20)22-6-11-5-13(19)18(4)15(21)17(11)3/h5H,6-8H2,1-4H3. The molecule has 24 heavy (non-hydrogen) atoms. The Balaban J connectivity index is 1.88. The maximum atomic E-state index is 11.8. The number of esters is 1. The molecule has 0 amide bonds. The first kappa shape index (κ1) is 18.1. The van der Waals surface area contributed by atoms with Crippen LogP contribution in [0.3, 0.4) is 0 Å². The van der Waals surface area contributed by atoms with Crippen LogP contribution in [-0.2, 0) is 36.0 Å². The molecule has 0 aliphatic carbocycles. The largest absolute Gasteiger partial charge is 0.459 e. The number of hydrogen-bond acceptors (Lipinski definition) is 7. The molecule has 0 saturated carbocycles. The highest BCUT2D eigenvalue weighted by Gasteiger charge is 2.12. The van der Waals surface area contributed by atoms with Gasteiger partial charge in [-0.3, -0.25) is 18.7 Å². The maximum Gasteiger partial charge on any atom is 0.330 e. The first-order valence-corrected chi connectivity index (χ1v) is 8.37. The van der Waals surface area contributed by atoms with Crippen molar-refractivity contribution in [2.24, 2.45) is 14.1 Å². The minimum atomic E-state index is -0.457. The minimum Gasteiger partial charge on any atom is -0.459 e. The summed E-state index contributed by atoms with van der Waals surface area (Å²) >= 11 is 1.39. The summed E-state index contributed by atoms with van der Waals surface area (Å²) in [4.78, 5) is 35.2. The monoisotopic (exact) mass is 353 g/mol. The van der Waals surface area contributed by atoms with Crippen LogP contribution >= 0.6 is 11.8 Å². The van der Waals surface area contributed by atoms with E-state index in [9.17, 15) is 14.4 Å². The third-order valence-electron chi connectivity index (χ3n) is 3.65. The van der Waals surface area contributed by atoms with E-state index in [1.54, 1.807) is 0 Å². The van der Waals surface area contributed by atoms with Crippen molar-refractivity contribution >= 4 is 17.7 Å². The molecule has 0 atom stereocenters. The molecule has 0 aliphatic rings. The molecule has 0 N–H and O–H groups in total. The van der Waals surface area contributed by atoms with E-state index in [1.807, 2.05) is 13.8 Å². The smallest absolute Gasteiger partial charge is 0.330 e. The molecule has 8 nitrogen and oxygen atoms in total. The SMILES string of the molecule is Cc1noc(C)c1CSCC(=O)OCc1cc(=O)n(C)c(=O)n1C. The number of nitrogens with zero attached hydrogens (tertiary/aromatic N) is 3. The van der Waals surface area contributed by atoms with Gasteiger partial charge in [0, 0.05) is 31.5 Å². The number of carbonyl (C=O) groups is 1. The van der Waals surface area contributed by atoms with Gasteiger partial charge in [0.05, 0.1) is 17.1 Å². The molecule has 0 bridgehead atoms. The number of hydrogen-bond donors (Lipinski definition) is 0. The molecular weight excluding hydrogens is 334 g/mol. The van der Waals surface area contributed by atoms with Crippen LogP contribution in [0.15, 0.2) is 20.2 Å². The van der Waals surface area contributed by atoms with E-state index in [1.165, 1.54) is 36.5 Å². The Kier molecular flexibility index (Phi) is 5.66. The van der Waals surface area contributed by atoms with Crippen LogP contribution in [0.1, 0.15) is 22.7 Å². The second kappa shape index (κ2) is 7.52. The summed E-state index contributed by atoms with van der Waals surface area (Å²) in [5.74, 6) is 1.08. The van der Waals surface area contributed by atoms with Crippen molar-refractivity contribution < 1.29 is 14.1 Å². The van der Waals surface area contributed by atoms with Gasteiger partial charge in [0.25, 0.3) is 5.56 Å². The van der Waals surface area contributed by atoms with E-state index >= 15 is 0 Å². The summed E-state index contributed by atoms with van der Waals surface area (Å²) in [5, 5.41) is 3.85. The summed E-state index contributed by atoms with van der Waals surface area (Å²) in [6.45, 7) is 3.55. The third-order valence-corrected chi connectivity index (χ3v) is 4.59. The van der Waals surface area contributed by atoms with E-state index in [-0.39, 0.29) is 12.4 Å². The van der Waals surface area contributed by atoms with E-state index < -0.39 is 17.2 Å². The van der Waals surface area contributed by atoms with Crippen molar-refractivity contribution in [3.8, 4) is 0 Å². The number of rotatable bonds is 6. The van der Waals surface area contributed by atoms with Gasteiger partial charge in [-0.25, -0.2) is 4.79 Å². The molecule has 0 saturated heterocycles. The Labute approximate surface area is 142 Å². The molecule has 2 heterocycles. The topological polar surface area (TPSA) is 96.3 Å². The van der Waals surface area contributed by atoms with Gasteiger partial charge in [-0.05, 0) is 13.8 Å². The Morgan fingerprint density at radius 1 is 1.29 bits per heavy atom. The van der Waals surface area contributed by atoms with Gasteiger partial charge in [-0.1, -0.05) is 5.16 Å². The summed E-state index contributed by atoms with van der Waals surface area (Å²) in [6, 6.07) is 1.28. The molecule has 0 aliphatic heterocycles. The molecule has 2 rings (SSSR count). The Bertz CT molecular complexity index is 845. The number of carbonyl (C=O) groups excluding carboxylic acids is 1. The highest BCUT2D eigenvalue weighted by molar-refractivity contribution is 7.99. The molecule has 0 spiro atoms. The van der Waals surface area contributed by atoms with Crippen molar-refractivity contribution in [2.75, 3.05) is 5.75 Å². The van der Waals surface area contributed by atoms with Gasteiger partial charge in [0.15, 0.2) is 0 Å². The predicted octanol–water partition coefficient (Wildman–Crippen LogP) is 0.665. The minimum absolute atomic E-state index is 0.119. The lowest BCUT2D eigenvalue weighted by Crippen LogP contribution is -2.38. The summed E-state index contributed by atoms with van der Waals surface area (Å²) in [7, 11) is 2.92. The zero-order valence-electron chi connectivity index (χ0n) is 14.0. The number of thioether (sulfide) groups is 1. The summed E-state index contributed by atoms with van der Waals surface area (Å²) in [5.41, 5.74) is 1.25. The summed E-state index contributed by atoms with van der Waals surface area (Å²) in [6.07, 6.45) is 0. The fourth-order valence-electron chi connectivity index (χ4n) is 2.06. The van der Waals surface area contributed by atoms with Crippen LogP contribution in [0, 0.1) is 13.8 Å². The van der Waals surface area contributed by atoms with Gasteiger partial charge in [0.1, 0.15) is 12.4 Å². The Hall–Kier alpha value is -2.29. The molecule has 0 aromatic carbocycles. The van der Waals surface area contributed by atoms with Gasteiger partial charge in [-0.15, -0.1) is 11.8 Å². The highest BCUT2D eigenvalue weighted by Crippen LogP contribution is 2.19. The second-order valence-electron chi connectivity index (χ2n) is 5.33. The molecule has 0 radical (unpaired) electrons. The van der Waals surface area contributed by atoms with Crippen LogP contribution in [-0.4, -0.2) is 26.0 Å². The summed E-state index contributed by atoms with van der Waals surface area (Å²) < 4.78 is 12.5. The van der Waals surface area contributed by atoms with Gasteiger partial charge < -0.3 is 9.26 Å². The molecule has 2 aromatic rings. The molecule has 0 fully saturated rings. The molecule has 2 aromatic heterocycles. The average Bonchev–Trinajstić information content (AvgIpc) is 2.87. The van der Waals surface area contributed by atoms with E-state index in [4.69, 9.17) is 9.26 Å². The van der Waals surface area contributed by atoms with Gasteiger partial charge >= 0.3 is 11.7 Å². The normalized spacial score (nSPS) is 10.8. The van der Waals surface area contributed by atoms with Crippen molar-refractivity contribution in [3.05, 3.63) is 49.6 Å². The van der Waals surface area contributed by atoms with E-state index in [2.05, 4.69) is 5.16 Å². The highest BCUT2D eigenvalue weighted by atomic mass is 32.2. The lowest BCUT2D eigenvalue weighted by molar-refractivity contribution is -0.141. The van der Waals surface area contributed by atoms with Crippen molar-refractivity contribution in [2.45, 2.75) is 26.2 Å². The van der Waals surface area contributed by atoms with Gasteiger partial charge in [0.2, 0.25) is 0 Å². The van der Waals surface area contributed by atoms with Crippen LogP contribution in [0.25, 0.3) is 0 Å². The third kappa shape index (κ3) is 3.97. The predicted molar refractivity (Wildman–Crippen MR) is 88.9 cm³/mol. The van der Waals surface area contributed by atoms with Crippen molar-refractivity contribution in [3.63, 3.8) is 0 Å². The van der Waals surface area contributed by atoms with E-state index in [0.717, 1.165) is 21.6 Å². The van der Waals surface area contributed by atoms with E-state index in [0.29, 0.717) is 11.4 Å². The van der Waals surface area contributed by atoms with Crippen LogP contribution in [0.2, 0.25) is 0 Å². The second-order valence-corrected chi connectivity index (χ2v) is 6.32. The zero-order valence-corrected chi connectivity index (χ0v) is 14.8. The Morgan fingerprint density at radius 2 is 2.00 bits per heavy atom. The van der Waals surface area contributed by atoms with Crippen molar-refractivity contribution in [1.82, 2.24) is 14.3 Å². The van der Waals surface area contributed by atoms with Crippen LogP contribution in [0.4, 0.5) is 0 Å². The molecule has 9 heteroatoms. The van der Waals surface area contributed by atoms with Crippen LogP contribution < -0.4 is 11.2 Å². The van der Waals surface area contributed by atoms with Crippen LogP contribution in [0.5, 0.6) is 0 Å². The lowest BCUT2D eigenvalue weighted by atomic mass is 10.2. The fourth-order valence-corrected chi connectivity index (χ4v) is 3.03.